The molecule has 21 heavy (non-hydrogen) atoms. The monoisotopic (exact) mass is 318 g/mol. The van der Waals surface area contributed by atoms with Crippen molar-refractivity contribution in [2.45, 2.75) is 4.90 Å². The molecule has 0 bridgehead atoms. The fourth-order valence-corrected chi connectivity index (χ4v) is 3.46. The number of fused-ring (bicyclic) bond motifs is 1. The molecule has 0 saturated heterocycles. The summed E-state index contributed by atoms with van der Waals surface area (Å²) in [5.41, 5.74) is 0.860. The van der Waals surface area contributed by atoms with Gasteiger partial charge < -0.3 is 5.32 Å². The fraction of sp³-hybridized carbons (Fsp3) is 0.0667. The highest BCUT2D eigenvalue weighted by Gasteiger charge is 2.14. The molecule has 0 fully saturated rings. The average Bonchev–Trinajstić information content (AvgIpc) is 2.86. The molecule has 0 spiro atoms. The largest absolute Gasteiger partial charge is 0.344 e. The number of benzene rings is 1. The van der Waals surface area contributed by atoms with E-state index in [1.807, 2.05) is 18.4 Å². The van der Waals surface area contributed by atoms with Gasteiger partial charge in [-0.1, -0.05) is 11.3 Å². The number of hydrogen-bond donors (Lipinski definition) is 1. The molecule has 0 aliphatic heterocycles. The van der Waals surface area contributed by atoms with E-state index in [0.29, 0.717) is 16.3 Å². The maximum atomic E-state index is 14.0. The molecular formula is C15H11FN2OS2. The summed E-state index contributed by atoms with van der Waals surface area (Å²) >= 11 is 2.81. The molecule has 3 nitrogen and oxygen atoms in total. The third-order valence-corrected chi connectivity index (χ3v) is 4.82. The molecule has 0 radical (unpaired) electrons. The van der Waals surface area contributed by atoms with Crippen LogP contribution in [0.4, 0.5) is 15.1 Å². The topological polar surface area (TPSA) is 42.0 Å². The number of aromatic nitrogens is 1. The van der Waals surface area contributed by atoms with Crippen molar-refractivity contribution in [1.29, 1.82) is 0 Å². The average molecular weight is 318 g/mol. The van der Waals surface area contributed by atoms with E-state index in [-0.39, 0.29) is 5.82 Å². The summed E-state index contributed by atoms with van der Waals surface area (Å²) in [7, 11) is 0. The lowest BCUT2D eigenvalue weighted by Gasteiger charge is -2.07. The van der Waals surface area contributed by atoms with Gasteiger partial charge in [-0.15, -0.1) is 11.8 Å². The summed E-state index contributed by atoms with van der Waals surface area (Å²) in [6, 6.07) is 8.59. The zero-order valence-electron chi connectivity index (χ0n) is 11.1. The normalized spacial score (nSPS) is 10.8. The molecule has 0 amide bonds. The molecule has 2 aromatic heterocycles. The molecule has 6 heteroatoms. The lowest BCUT2D eigenvalue weighted by Crippen LogP contribution is -1.94. The molecule has 3 aromatic rings. The molecule has 1 N–H and O–H groups in total. The molecule has 2 heterocycles. The van der Waals surface area contributed by atoms with Gasteiger partial charge in [0.25, 0.3) is 0 Å². The van der Waals surface area contributed by atoms with Gasteiger partial charge in [-0.05, 0) is 36.6 Å². The quantitative estimate of drug-likeness (QED) is 0.558. The third kappa shape index (κ3) is 2.64. The number of nitrogens with one attached hydrogen (secondary N) is 1. The molecule has 0 aliphatic rings. The minimum Gasteiger partial charge on any atom is -0.344 e. The van der Waals surface area contributed by atoms with Crippen molar-refractivity contribution in [3.8, 4) is 0 Å². The van der Waals surface area contributed by atoms with Crippen LogP contribution in [0.15, 0.2) is 41.4 Å². The number of pyridine rings is 1. The zero-order valence-corrected chi connectivity index (χ0v) is 12.7. The zero-order chi connectivity index (χ0) is 14.8. The second kappa shape index (κ2) is 5.83. The minimum absolute atomic E-state index is 0.343. The Morgan fingerprint density at radius 1 is 1.38 bits per heavy atom. The van der Waals surface area contributed by atoms with E-state index in [4.69, 9.17) is 0 Å². The number of anilines is 2. The first-order valence-electron chi connectivity index (χ1n) is 6.16. The van der Waals surface area contributed by atoms with Crippen LogP contribution in [0.1, 0.15) is 10.4 Å². The van der Waals surface area contributed by atoms with Crippen LogP contribution in [0.5, 0.6) is 0 Å². The number of thiophene rings is 1. The number of rotatable bonds is 4. The van der Waals surface area contributed by atoms with Gasteiger partial charge in [0.15, 0.2) is 6.29 Å². The Morgan fingerprint density at radius 3 is 2.95 bits per heavy atom. The highest BCUT2D eigenvalue weighted by atomic mass is 32.2. The molecule has 1 aromatic carbocycles. The number of aldehydes is 1. The number of hydrogen-bond acceptors (Lipinski definition) is 5. The summed E-state index contributed by atoms with van der Waals surface area (Å²) in [4.78, 5) is 17.2. The second-order valence-electron chi connectivity index (χ2n) is 4.29. The first-order valence-corrected chi connectivity index (χ1v) is 8.20. The Balaban J connectivity index is 2.03. The molecule has 0 atom stereocenters. The number of nitrogens with zero attached hydrogens (tertiary/aromatic N) is 1. The number of carbonyl (C=O) groups excluding carboxylic acids is 1. The highest BCUT2D eigenvalue weighted by Crippen LogP contribution is 2.36. The van der Waals surface area contributed by atoms with Gasteiger partial charge in [0.05, 0.1) is 11.3 Å². The molecule has 106 valence electrons. The smallest absolute Gasteiger partial charge is 0.153 e. The predicted molar refractivity (Wildman–Crippen MR) is 86.5 cm³/mol. The van der Waals surface area contributed by atoms with Crippen molar-refractivity contribution in [1.82, 2.24) is 4.98 Å². The highest BCUT2D eigenvalue weighted by molar-refractivity contribution is 7.98. The van der Waals surface area contributed by atoms with Crippen LogP contribution in [-0.4, -0.2) is 17.5 Å². The lowest BCUT2D eigenvalue weighted by molar-refractivity contribution is 0.112. The van der Waals surface area contributed by atoms with Crippen molar-refractivity contribution >= 4 is 50.3 Å². The maximum absolute atomic E-state index is 14.0. The summed E-state index contributed by atoms with van der Waals surface area (Å²) in [5, 5.41) is 4.38. The fourth-order valence-electron chi connectivity index (χ4n) is 2.01. The van der Waals surface area contributed by atoms with E-state index in [1.165, 1.54) is 29.2 Å². The molecular weight excluding hydrogens is 307 g/mol. The van der Waals surface area contributed by atoms with Crippen LogP contribution in [0.2, 0.25) is 0 Å². The van der Waals surface area contributed by atoms with Crippen LogP contribution in [0.25, 0.3) is 10.2 Å². The summed E-state index contributed by atoms with van der Waals surface area (Å²) in [6.45, 7) is 0. The molecule has 0 saturated carbocycles. The maximum Gasteiger partial charge on any atom is 0.153 e. The molecule has 0 unspecified atom stereocenters. The lowest BCUT2D eigenvalue weighted by atomic mass is 10.2. The minimum atomic E-state index is -0.343. The van der Waals surface area contributed by atoms with Gasteiger partial charge >= 0.3 is 0 Å². The predicted octanol–water partition coefficient (Wildman–Crippen LogP) is 4.71. The van der Waals surface area contributed by atoms with Crippen molar-refractivity contribution < 1.29 is 9.18 Å². The molecule has 0 aliphatic carbocycles. The SMILES string of the molecule is CSc1ccc(Nc2sc3ncccc3c2C=O)c(F)c1. The Morgan fingerprint density at radius 2 is 2.24 bits per heavy atom. The van der Waals surface area contributed by atoms with Crippen LogP contribution in [0.3, 0.4) is 0 Å². The Labute approximate surface area is 129 Å². The van der Waals surface area contributed by atoms with Gasteiger partial charge in [-0.25, -0.2) is 9.37 Å². The second-order valence-corrected chi connectivity index (χ2v) is 6.17. The number of carbonyl (C=O) groups is 1. The first-order chi connectivity index (χ1) is 10.2. The van der Waals surface area contributed by atoms with Crippen LogP contribution in [0, 0.1) is 5.82 Å². The summed E-state index contributed by atoms with van der Waals surface area (Å²) in [6.07, 6.45) is 4.34. The standard InChI is InChI=1S/C15H11FN2OS2/c1-20-9-4-5-13(12(16)7-9)18-15-11(8-19)10-3-2-6-17-14(10)21-15/h2-8,18H,1H3. The van der Waals surface area contributed by atoms with Crippen molar-refractivity contribution in [2.24, 2.45) is 0 Å². The van der Waals surface area contributed by atoms with Crippen LogP contribution < -0.4 is 5.32 Å². The third-order valence-electron chi connectivity index (χ3n) is 3.05. The number of thioether (sulfide) groups is 1. The van der Waals surface area contributed by atoms with Gasteiger partial charge in [-0.2, -0.15) is 0 Å². The summed E-state index contributed by atoms with van der Waals surface area (Å²) in [5.74, 6) is -0.343. The molecule has 3 rings (SSSR count). The Hall–Kier alpha value is -1.92. The van der Waals surface area contributed by atoms with E-state index in [1.54, 1.807) is 18.3 Å². The van der Waals surface area contributed by atoms with E-state index >= 15 is 0 Å². The Kier molecular flexibility index (Phi) is 3.90. The van der Waals surface area contributed by atoms with Crippen LogP contribution >= 0.6 is 23.1 Å². The van der Waals surface area contributed by atoms with Crippen molar-refractivity contribution in [3.05, 3.63) is 47.9 Å². The van der Waals surface area contributed by atoms with E-state index < -0.39 is 0 Å². The van der Waals surface area contributed by atoms with Crippen LogP contribution in [-0.2, 0) is 0 Å². The first kappa shape index (κ1) is 14.0. The summed E-state index contributed by atoms with van der Waals surface area (Å²) < 4.78 is 14.0. The van der Waals surface area contributed by atoms with Gasteiger partial charge in [0.1, 0.15) is 15.6 Å². The van der Waals surface area contributed by atoms with Gasteiger partial charge in [-0.3, -0.25) is 4.79 Å². The van der Waals surface area contributed by atoms with E-state index in [0.717, 1.165) is 21.4 Å². The van der Waals surface area contributed by atoms with Crippen molar-refractivity contribution in [3.63, 3.8) is 0 Å². The number of halogens is 1. The van der Waals surface area contributed by atoms with Crippen molar-refractivity contribution in [2.75, 3.05) is 11.6 Å². The van der Waals surface area contributed by atoms with E-state index in [2.05, 4.69) is 10.3 Å². The van der Waals surface area contributed by atoms with Gasteiger partial charge in [0.2, 0.25) is 0 Å². The van der Waals surface area contributed by atoms with Gasteiger partial charge in [0, 0.05) is 16.5 Å². The Bertz CT molecular complexity index is 817. The van der Waals surface area contributed by atoms with E-state index in [9.17, 15) is 9.18 Å².